The average molecular weight is 645 g/mol. The standard InChI is InChI=1S/C30H30BrN9O3/c1-15-5-6-24(31)34-28(15)35-29(43)21-9-30(4)10-23(30)40(21)26(42)14-38-22-12-32-20(8-19(22)27(37-38)17(3)41)18-11-33-25-7-16(2)36-39(25)13-18/h5-8,11-13,17,21,23,41H,9-10,14H2,1-4H3,(H,34,35,43)/t17?,21-,23?,30-/m0/s1. The molecule has 12 nitrogen and oxygen atoms in total. The van der Waals surface area contributed by atoms with Gasteiger partial charge in [-0.25, -0.2) is 14.5 Å². The molecule has 6 heterocycles. The molecule has 43 heavy (non-hydrogen) atoms. The van der Waals surface area contributed by atoms with Crippen molar-refractivity contribution in [3.05, 3.63) is 64.4 Å². The van der Waals surface area contributed by atoms with E-state index in [1.54, 1.807) is 33.4 Å². The number of hydrogen-bond donors (Lipinski definition) is 2. The summed E-state index contributed by atoms with van der Waals surface area (Å²) in [6.07, 6.45) is 5.81. The molecule has 1 saturated heterocycles. The van der Waals surface area contributed by atoms with Crippen molar-refractivity contribution in [1.82, 2.24) is 39.2 Å². The normalized spacial score (nSPS) is 21.8. The predicted octanol–water partition coefficient (Wildman–Crippen LogP) is 3.99. The number of piperidine rings is 1. The van der Waals surface area contributed by atoms with Crippen LogP contribution in [0.25, 0.3) is 27.8 Å². The number of fused-ring (bicyclic) bond motifs is 3. The number of hydrogen-bond acceptors (Lipinski definition) is 8. The third-order valence-corrected chi connectivity index (χ3v) is 9.05. The Kier molecular flexibility index (Phi) is 6.36. The lowest BCUT2D eigenvalue weighted by atomic mass is 10.0. The van der Waals surface area contributed by atoms with Gasteiger partial charge in [-0.1, -0.05) is 13.0 Å². The lowest BCUT2D eigenvalue weighted by Gasteiger charge is -2.27. The van der Waals surface area contributed by atoms with E-state index in [9.17, 15) is 14.7 Å². The largest absolute Gasteiger partial charge is 0.387 e. The van der Waals surface area contributed by atoms with E-state index in [2.05, 4.69) is 53.3 Å². The van der Waals surface area contributed by atoms with Crippen molar-refractivity contribution in [2.75, 3.05) is 5.32 Å². The lowest BCUT2D eigenvalue weighted by molar-refractivity contribution is -0.138. The van der Waals surface area contributed by atoms with Gasteiger partial charge in [-0.15, -0.1) is 0 Å². The fourth-order valence-corrected chi connectivity index (χ4v) is 6.52. The van der Waals surface area contributed by atoms with Gasteiger partial charge >= 0.3 is 0 Å². The molecule has 0 bridgehead atoms. The Hall–Kier alpha value is -4.23. The highest BCUT2D eigenvalue weighted by Crippen LogP contribution is 2.59. The average Bonchev–Trinajstić information content (AvgIpc) is 3.24. The minimum absolute atomic E-state index is 0.0107. The summed E-state index contributed by atoms with van der Waals surface area (Å²) in [5.41, 5.74) is 4.80. The minimum Gasteiger partial charge on any atom is -0.387 e. The Morgan fingerprint density at radius 3 is 2.77 bits per heavy atom. The lowest BCUT2D eigenvalue weighted by Crippen LogP contribution is -2.47. The van der Waals surface area contributed by atoms with E-state index >= 15 is 0 Å². The molecule has 2 amide bonds. The van der Waals surface area contributed by atoms with Crippen LogP contribution in [0.15, 0.2) is 47.5 Å². The van der Waals surface area contributed by atoms with Crippen molar-refractivity contribution in [3.8, 4) is 11.3 Å². The van der Waals surface area contributed by atoms with Crippen LogP contribution in [0.1, 0.15) is 49.7 Å². The van der Waals surface area contributed by atoms with E-state index in [4.69, 9.17) is 0 Å². The topological polar surface area (TPSA) is 143 Å². The summed E-state index contributed by atoms with van der Waals surface area (Å²) in [5.74, 6) is 0.00502. The van der Waals surface area contributed by atoms with Crippen molar-refractivity contribution in [3.63, 3.8) is 0 Å². The molecule has 13 heteroatoms. The molecule has 0 radical (unpaired) electrons. The number of anilines is 1. The van der Waals surface area contributed by atoms with E-state index in [0.717, 1.165) is 28.9 Å². The van der Waals surface area contributed by atoms with Crippen LogP contribution >= 0.6 is 15.9 Å². The summed E-state index contributed by atoms with van der Waals surface area (Å²) in [6.45, 7) is 7.45. The van der Waals surface area contributed by atoms with Crippen LogP contribution in [-0.4, -0.2) is 68.3 Å². The van der Waals surface area contributed by atoms with Crippen LogP contribution in [0.3, 0.4) is 0 Å². The molecule has 5 aromatic heterocycles. The SMILES string of the molecule is Cc1cc2ncc(-c3cc4c(C(C)O)nn(CC(=O)N5C6C[C@]6(C)C[C@H]5C(=O)Nc5nc(Br)ccc5C)c4cn3)cn2n1. The number of aromatic nitrogens is 7. The van der Waals surface area contributed by atoms with E-state index < -0.39 is 12.1 Å². The van der Waals surface area contributed by atoms with E-state index in [-0.39, 0.29) is 29.8 Å². The van der Waals surface area contributed by atoms with Gasteiger partial charge in [0.25, 0.3) is 0 Å². The van der Waals surface area contributed by atoms with Crippen LogP contribution in [0.5, 0.6) is 0 Å². The predicted molar refractivity (Wildman–Crippen MR) is 162 cm³/mol. The Morgan fingerprint density at radius 2 is 1.98 bits per heavy atom. The van der Waals surface area contributed by atoms with Crippen molar-refractivity contribution >= 4 is 50.1 Å². The summed E-state index contributed by atoms with van der Waals surface area (Å²) >= 11 is 3.36. The molecule has 2 N–H and O–H groups in total. The number of rotatable bonds is 6. The first-order valence-electron chi connectivity index (χ1n) is 14.1. The number of aryl methyl sites for hydroxylation is 2. The van der Waals surface area contributed by atoms with Crippen molar-refractivity contribution < 1.29 is 14.7 Å². The molecule has 5 aromatic rings. The zero-order valence-corrected chi connectivity index (χ0v) is 25.7. The highest BCUT2D eigenvalue weighted by molar-refractivity contribution is 9.10. The van der Waals surface area contributed by atoms with Crippen LogP contribution in [0.4, 0.5) is 5.82 Å². The van der Waals surface area contributed by atoms with Gasteiger partial charge < -0.3 is 15.3 Å². The zero-order chi connectivity index (χ0) is 30.2. The van der Waals surface area contributed by atoms with Gasteiger partial charge in [0.15, 0.2) is 5.65 Å². The van der Waals surface area contributed by atoms with Crippen molar-refractivity contribution in [2.45, 2.75) is 65.3 Å². The Morgan fingerprint density at radius 1 is 1.16 bits per heavy atom. The highest BCUT2D eigenvalue weighted by atomic mass is 79.9. The first kappa shape index (κ1) is 27.6. The van der Waals surface area contributed by atoms with Crippen LogP contribution in [0, 0.1) is 19.3 Å². The number of likely N-dealkylation sites (tertiary alicyclic amines) is 1. The maximum atomic E-state index is 13.9. The molecule has 1 aliphatic carbocycles. The molecule has 7 rings (SSSR count). The smallest absolute Gasteiger partial charge is 0.248 e. The number of carbonyl (C=O) groups is 2. The number of aliphatic hydroxyl groups is 1. The quantitative estimate of drug-likeness (QED) is 0.264. The first-order chi connectivity index (χ1) is 20.5. The zero-order valence-electron chi connectivity index (χ0n) is 24.1. The van der Waals surface area contributed by atoms with E-state index in [1.807, 2.05) is 44.3 Å². The van der Waals surface area contributed by atoms with Crippen molar-refractivity contribution in [2.24, 2.45) is 5.41 Å². The molecule has 1 saturated carbocycles. The third kappa shape index (κ3) is 4.76. The maximum Gasteiger partial charge on any atom is 0.248 e. The summed E-state index contributed by atoms with van der Waals surface area (Å²) in [4.78, 5) is 42.6. The number of halogens is 1. The number of amides is 2. The van der Waals surface area contributed by atoms with Crippen molar-refractivity contribution in [1.29, 1.82) is 0 Å². The molecule has 2 aliphatic rings. The molecular formula is C30H30BrN9O3. The second-order valence-corrected chi connectivity index (χ2v) is 12.7. The Labute approximate surface area is 255 Å². The van der Waals surface area contributed by atoms with Gasteiger partial charge in [-0.2, -0.15) is 10.2 Å². The molecular weight excluding hydrogens is 614 g/mol. The third-order valence-electron chi connectivity index (χ3n) is 8.61. The fourth-order valence-electron chi connectivity index (χ4n) is 6.21. The minimum atomic E-state index is -0.874. The van der Waals surface area contributed by atoms with Gasteiger partial charge in [-0.3, -0.25) is 19.3 Å². The van der Waals surface area contributed by atoms with Crippen LogP contribution in [-0.2, 0) is 16.1 Å². The van der Waals surface area contributed by atoms with Crippen LogP contribution < -0.4 is 5.32 Å². The van der Waals surface area contributed by atoms with Gasteiger partial charge in [0.05, 0.1) is 34.9 Å². The van der Waals surface area contributed by atoms with Gasteiger partial charge in [0.2, 0.25) is 11.8 Å². The number of aliphatic hydroxyl groups excluding tert-OH is 1. The second-order valence-electron chi connectivity index (χ2n) is 11.9. The number of nitrogens with one attached hydrogen (secondary N) is 1. The fraction of sp³-hybridized carbons (Fsp3) is 0.367. The monoisotopic (exact) mass is 643 g/mol. The summed E-state index contributed by atoms with van der Waals surface area (Å²) in [6, 6.07) is 6.80. The summed E-state index contributed by atoms with van der Waals surface area (Å²) < 4.78 is 3.89. The highest BCUT2D eigenvalue weighted by Gasteiger charge is 2.64. The molecule has 1 aliphatic heterocycles. The molecule has 2 unspecified atom stereocenters. The molecule has 220 valence electrons. The molecule has 4 atom stereocenters. The molecule has 0 aromatic carbocycles. The summed E-state index contributed by atoms with van der Waals surface area (Å²) in [7, 11) is 0. The Bertz CT molecular complexity index is 1950. The number of pyridine rings is 2. The maximum absolute atomic E-state index is 13.9. The van der Waals surface area contributed by atoms with E-state index in [0.29, 0.717) is 39.1 Å². The second kappa shape index (κ2) is 9.91. The van der Waals surface area contributed by atoms with Gasteiger partial charge in [0.1, 0.15) is 23.0 Å². The Balaban J connectivity index is 1.18. The van der Waals surface area contributed by atoms with Crippen LogP contribution in [0.2, 0.25) is 0 Å². The number of nitrogens with zero attached hydrogens (tertiary/aromatic N) is 8. The van der Waals surface area contributed by atoms with Gasteiger partial charge in [-0.05, 0) is 72.7 Å². The van der Waals surface area contributed by atoms with Gasteiger partial charge in [0, 0.05) is 35.5 Å². The molecule has 2 fully saturated rings. The molecule has 0 spiro atoms. The first-order valence-corrected chi connectivity index (χ1v) is 14.9. The summed E-state index contributed by atoms with van der Waals surface area (Å²) in [5, 5.41) is 23.3. The number of carbonyl (C=O) groups excluding carboxylic acids is 2. The van der Waals surface area contributed by atoms with E-state index in [1.165, 1.54) is 0 Å².